The lowest BCUT2D eigenvalue weighted by molar-refractivity contribution is 0.264. The quantitative estimate of drug-likeness (QED) is 0.939. The lowest BCUT2D eigenvalue weighted by Gasteiger charge is -2.31. The Morgan fingerprint density at radius 2 is 2.38 bits per heavy atom. The van der Waals surface area contributed by atoms with Gasteiger partial charge in [0.25, 0.3) is 10.0 Å². The number of thiophene rings is 1. The number of hydrogen-bond acceptors (Lipinski definition) is 4. The monoisotopic (exact) mass is 325 g/mol. The van der Waals surface area contributed by atoms with E-state index in [9.17, 15) is 8.42 Å². The molecule has 0 aromatic carbocycles. The van der Waals surface area contributed by atoms with E-state index in [0.717, 1.165) is 30.5 Å². The van der Waals surface area contributed by atoms with Crippen molar-refractivity contribution in [1.82, 2.24) is 14.5 Å². The van der Waals surface area contributed by atoms with Gasteiger partial charge in [0, 0.05) is 18.8 Å². The van der Waals surface area contributed by atoms with Crippen molar-refractivity contribution in [2.24, 2.45) is 5.92 Å². The van der Waals surface area contributed by atoms with Crippen LogP contribution < -0.4 is 0 Å². The van der Waals surface area contributed by atoms with Crippen LogP contribution in [-0.2, 0) is 16.4 Å². The highest BCUT2D eigenvalue weighted by Crippen LogP contribution is 2.28. The lowest BCUT2D eigenvalue weighted by Crippen LogP contribution is -2.40. The summed E-state index contributed by atoms with van der Waals surface area (Å²) in [4.78, 5) is 0. The van der Waals surface area contributed by atoms with E-state index in [0.29, 0.717) is 23.2 Å². The Hall–Kier alpha value is -1.18. The molecule has 2 aromatic rings. The van der Waals surface area contributed by atoms with E-state index < -0.39 is 10.0 Å². The summed E-state index contributed by atoms with van der Waals surface area (Å²) in [5.41, 5.74) is 2.27. The maximum atomic E-state index is 12.6. The van der Waals surface area contributed by atoms with Gasteiger partial charge >= 0.3 is 0 Å². The third-order valence-electron chi connectivity index (χ3n) is 4.00. The van der Waals surface area contributed by atoms with Crippen LogP contribution in [-0.4, -0.2) is 36.0 Å². The Balaban J connectivity index is 1.73. The molecule has 7 heteroatoms. The summed E-state index contributed by atoms with van der Waals surface area (Å²) in [6.07, 6.45) is 4.66. The van der Waals surface area contributed by atoms with Crippen LogP contribution in [0.3, 0.4) is 0 Å². The number of aromatic amines is 1. The second-order valence-electron chi connectivity index (χ2n) is 5.54. The standard InChI is InChI=1S/C14H19N3O2S2/c1-11-9-15-16-13(11)8-12-4-2-6-17(10-12)21(18,19)14-5-3-7-20-14/h3,5,7,9,12H,2,4,6,8,10H2,1H3,(H,15,16)/t12-/m1/s1. The molecule has 1 saturated heterocycles. The molecule has 114 valence electrons. The Bertz CT molecular complexity index is 692. The van der Waals surface area contributed by atoms with Crippen LogP contribution in [0.15, 0.2) is 27.9 Å². The zero-order valence-electron chi connectivity index (χ0n) is 11.9. The van der Waals surface area contributed by atoms with Gasteiger partial charge in [-0.3, -0.25) is 5.10 Å². The van der Waals surface area contributed by atoms with E-state index >= 15 is 0 Å². The second-order valence-corrected chi connectivity index (χ2v) is 8.65. The van der Waals surface area contributed by atoms with E-state index in [1.165, 1.54) is 11.3 Å². The van der Waals surface area contributed by atoms with Crippen molar-refractivity contribution in [3.05, 3.63) is 35.0 Å². The molecule has 1 aliphatic rings. The smallest absolute Gasteiger partial charge is 0.252 e. The van der Waals surface area contributed by atoms with Gasteiger partial charge in [-0.25, -0.2) is 8.42 Å². The first-order valence-electron chi connectivity index (χ1n) is 7.10. The minimum absolute atomic E-state index is 0.354. The van der Waals surface area contributed by atoms with Gasteiger partial charge in [0.2, 0.25) is 0 Å². The van der Waals surface area contributed by atoms with Crippen LogP contribution >= 0.6 is 11.3 Å². The van der Waals surface area contributed by atoms with E-state index in [1.807, 2.05) is 18.5 Å². The van der Waals surface area contributed by atoms with Crippen molar-refractivity contribution in [2.75, 3.05) is 13.1 Å². The highest BCUT2D eigenvalue weighted by molar-refractivity contribution is 7.91. The summed E-state index contributed by atoms with van der Waals surface area (Å²) in [6.45, 7) is 3.25. The van der Waals surface area contributed by atoms with Gasteiger partial charge in [-0.1, -0.05) is 6.07 Å². The van der Waals surface area contributed by atoms with Gasteiger partial charge in [0.05, 0.1) is 6.20 Å². The van der Waals surface area contributed by atoms with E-state index in [-0.39, 0.29) is 0 Å². The second kappa shape index (κ2) is 5.90. The summed E-state index contributed by atoms with van der Waals surface area (Å²) in [7, 11) is -3.31. The number of H-pyrrole nitrogens is 1. The fourth-order valence-electron chi connectivity index (χ4n) is 2.82. The minimum Gasteiger partial charge on any atom is -0.282 e. The molecule has 3 heterocycles. The van der Waals surface area contributed by atoms with Crippen molar-refractivity contribution in [3.8, 4) is 0 Å². The molecule has 3 rings (SSSR count). The normalized spacial score (nSPS) is 20.7. The molecule has 0 amide bonds. The van der Waals surface area contributed by atoms with Crippen LogP contribution in [0, 0.1) is 12.8 Å². The van der Waals surface area contributed by atoms with Crippen LogP contribution in [0.5, 0.6) is 0 Å². The molecule has 1 N–H and O–H groups in total. The fourth-order valence-corrected chi connectivity index (χ4v) is 5.52. The van der Waals surface area contributed by atoms with Crippen molar-refractivity contribution < 1.29 is 8.42 Å². The largest absolute Gasteiger partial charge is 0.282 e. The molecule has 1 atom stereocenters. The van der Waals surface area contributed by atoms with Gasteiger partial charge in [0.1, 0.15) is 4.21 Å². The first-order valence-corrected chi connectivity index (χ1v) is 9.42. The predicted octanol–water partition coefficient (Wildman–Crippen LogP) is 2.42. The van der Waals surface area contributed by atoms with Crippen molar-refractivity contribution >= 4 is 21.4 Å². The lowest BCUT2D eigenvalue weighted by atomic mass is 9.94. The molecule has 5 nitrogen and oxygen atoms in total. The summed E-state index contributed by atoms with van der Waals surface area (Å²) in [6, 6.07) is 3.47. The third kappa shape index (κ3) is 3.04. The van der Waals surface area contributed by atoms with Crippen LogP contribution in [0.25, 0.3) is 0 Å². The molecule has 0 unspecified atom stereocenters. The summed E-state index contributed by atoms with van der Waals surface area (Å²) < 4.78 is 27.2. The van der Waals surface area contributed by atoms with Gasteiger partial charge in [0.15, 0.2) is 0 Å². The number of aromatic nitrogens is 2. The predicted molar refractivity (Wildman–Crippen MR) is 82.8 cm³/mol. The molecular formula is C14H19N3O2S2. The van der Waals surface area contributed by atoms with Gasteiger partial charge in [-0.2, -0.15) is 9.40 Å². The molecular weight excluding hydrogens is 306 g/mol. The van der Waals surface area contributed by atoms with E-state index in [1.54, 1.807) is 16.4 Å². The Morgan fingerprint density at radius 1 is 1.52 bits per heavy atom. The topological polar surface area (TPSA) is 66.1 Å². The minimum atomic E-state index is -3.31. The fraction of sp³-hybridized carbons (Fsp3) is 0.500. The van der Waals surface area contributed by atoms with Crippen LogP contribution in [0.2, 0.25) is 0 Å². The van der Waals surface area contributed by atoms with Crippen LogP contribution in [0.4, 0.5) is 0 Å². The summed E-state index contributed by atoms with van der Waals surface area (Å²) >= 11 is 1.29. The molecule has 0 radical (unpaired) electrons. The molecule has 0 aliphatic carbocycles. The number of aryl methyl sites for hydroxylation is 1. The molecule has 1 aliphatic heterocycles. The Morgan fingerprint density at radius 3 is 3.05 bits per heavy atom. The number of rotatable bonds is 4. The number of hydrogen-bond donors (Lipinski definition) is 1. The van der Waals surface area contributed by atoms with Crippen molar-refractivity contribution in [2.45, 2.75) is 30.4 Å². The van der Waals surface area contributed by atoms with Gasteiger partial charge < -0.3 is 0 Å². The molecule has 0 bridgehead atoms. The molecule has 21 heavy (non-hydrogen) atoms. The average molecular weight is 325 g/mol. The number of nitrogens with zero attached hydrogens (tertiary/aromatic N) is 2. The molecule has 2 aromatic heterocycles. The molecule has 0 spiro atoms. The van der Waals surface area contributed by atoms with Gasteiger partial charge in [-0.05, 0) is 49.1 Å². The third-order valence-corrected chi connectivity index (χ3v) is 7.24. The molecule has 0 saturated carbocycles. The van der Waals surface area contributed by atoms with Gasteiger partial charge in [-0.15, -0.1) is 11.3 Å². The number of piperidine rings is 1. The maximum absolute atomic E-state index is 12.6. The van der Waals surface area contributed by atoms with E-state index in [4.69, 9.17) is 0 Å². The Kier molecular flexibility index (Phi) is 4.14. The number of sulfonamides is 1. The molecule has 1 fully saturated rings. The zero-order valence-corrected chi connectivity index (χ0v) is 13.6. The average Bonchev–Trinajstić information content (AvgIpc) is 3.12. The van der Waals surface area contributed by atoms with Crippen LogP contribution in [0.1, 0.15) is 24.1 Å². The zero-order chi connectivity index (χ0) is 14.9. The van der Waals surface area contributed by atoms with E-state index in [2.05, 4.69) is 10.2 Å². The first-order chi connectivity index (χ1) is 10.1. The number of nitrogens with one attached hydrogen (secondary N) is 1. The SMILES string of the molecule is Cc1cn[nH]c1C[C@H]1CCCN(S(=O)(=O)c2cccs2)C1. The van der Waals surface area contributed by atoms with Crippen molar-refractivity contribution in [3.63, 3.8) is 0 Å². The highest BCUT2D eigenvalue weighted by Gasteiger charge is 2.31. The van der Waals surface area contributed by atoms with Crippen molar-refractivity contribution in [1.29, 1.82) is 0 Å². The first kappa shape index (κ1) is 14.7. The summed E-state index contributed by atoms with van der Waals surface area (Å²) in [5, 5.41) is 8.87. The highest BCUT2D eigenvalue weighted by atomic mass is 32.2. The summed E-state index contributed by atoms with van der Waals surface area (Å²) in [5.74, 6) is 0.354. The Labute approximate surface area is 129 Å². The maximum Gasteiger partial charge on any atom is 0.252 e.